The van der Waals surface area contributed by atoms with Gasteiger partial charge in [-0.15, -0.1) is 0 Å². The Morgan fingerprint density at radius 3 is 2.73 bits per heavy atom. The van der Waals surface area contributed by atoms with Gasteiger partial charge in [0.15, 0.2) is 0 Å². The highest BCUT2D eigenvalue weighted by Crippen LogP contribution is 2.25. The quantitative estimate of drug-likeness (QED) is 0.580. The van der Waals surface area contributed by atoms with Gasteiger partial charge in [0, 0.05) is 18.8 Å². The van der Waals surface area contributed by atoms with Crippen molar-refractivity contribution < 1.29 is 14.3 Å². The zero-order valence-corrected chi connectivity index (χ0v) is 19.4. The number of anilines is 2. The summed E-state index contributed by atoms with van der Waals surface area (Å²) < 4.78 is 7.47. The highest BCUT2D eigenvalue weighted by molar-refractivity contribution is 5.93. The topological polar surface area (TPSA) is 102 Å². The van der Waals surface area contributed by atoms with Crippen molar-refractivity contribution in [1.29, 1.82) is 0 Å². The van der Waals surface area contributed by atoms with Crippen molar-refractivity contribution in [3.8, 4) is 0 Å². The number of ether oxygens (including phenoxy) is 1. The number of aromatic nitrogens is 2. The van der Waals surface area contributed by atoms with E-state index in [1.807, 2.05) is 73.9 Å². The van der Waals surface area contributed by atoms with Crippen LogP contribution < -0.4 is 11.1 Å². The summed E-state index contributed by atoms with van der Waals surface area (Å²) in [6.07, 6.45) is 1.08. The molecule has 0 bridgehead atoms. The fourth-order valence-electron chi connectivity index (χ4n) is 4.10. The second kappa shape index (κ2) is 9.13. The van der Waals surface area contributed by atoms with Gasteiger partial charge in [0.05, 0.1) is 23.5 Å². The summed E-state index contributed by atoms with van der Waals surface area (Å²) in [6, 6.07) is 15.4. The Bertz CT molecular complexity index is 1160. The van der Waals surface area contributed by atoms with Gasteiger partial charge in [-0.2, -0.15) is 0 Å². The summed E-state index contributed by atoms with van der Waals surface area (Å²) in [7, 11) is 0. The second-order valence-corrected chi connectivity index (χ2v) is 9.51. The van der Waals surface area contributed by atoms with Gasteiger partial charge in [0.25, 0.3) is 0 Å². The maximum absolute atomic E-state index is 13.2. The zero-order valence-electron chi connectivity index (χ0n) is 19.4. The Hall–Kier alpha value is -3.55. The predicted molar refractivity (Wildman–Crippen MR) is 129 cm³/mol. The lowest BCUT2D eigenvalue weighted by Crippen LogP contribution is -2.45. The summed E-state index contributed by atoms with van der Waals surface area (Å²) in [5.41, 5.74) is 8.81. The molecule has 1 atom stereocenters. The van der Waals surface area contributed by atoms with Crippen molar-refractivity contribution in [3.63, 3.8) is 0 Å². The average molecular weight is 450 g/mol. The predicted octanol–water partition coefficient (Wildman–Crippen LogP) is 4.25. The number of para-hydroxylation sites is 2. The van der Waals surface area contributed by atoms with E-state index in [4.69, 9.17) is 10.5 Å². The first kappa shape index (κ1) is 22.6. The van der Waals surface area contributed by atoms with Gasteiger partial charge in [0.1, 0.15) is 5.60 Å². The highest BCUT2D eigenvalue weighted by atomic mass is 16.6. The fraction of sp³-hybridized carbons (Fsp3) is 0.400. The maximum atomic E-state index is 13.2. The van der Waals surface area contributed by atoms with Crippen LogP contribution in [0.4, 0.5) is 16.4 Å². The number of amides is 2. The molecule has 3 aromatic rings. The molecule has 2 heterocycles. The van der Waals surface area contributed by atoms with E-state index in [1.54, 1.807) is 4.90 Å². The highest BCUT2D eigenvalue weighted by Gasteiger charge is 2.31. The number of rotatable bonds is 4. The van der Waals surface area contributed by atoms with Crippen LogP contribution in [0.25, 0.3) is 11.0 Å². The third kappa shape index (κ3) is 5.45. The summed E-state index contributed by atoms with van der Waals surface area (Å²) in [4.78, 5) is 32.0. The maximum Gasteiger partial charge on any atom is 0.410 e. The molecule has 33 heavy (non-hydrogen) atoms. The number of likely N-dealkylation sites (tertiary alicyclic amines) is 1. The van der Waals surface area contributed by atoms with E-state index < -0.39 is 5.60 Å². The molecule has 1 saturated heterocycles. The third-order valence-corrected chi connectivity index (χ3v) is 5.63. The molecule has 4 rings (SSSR count). The van der Waals surface area contributed by atoms with E-state index in [-0.39, 0.29) is 17.9 Å². The molecule has 2 amide bonds. The molecule has 3 N–H and O–H groups in total. The lowest BCUT2D eigenvalue weighted by molar-refractivity contribution is -0.121. The monoisotopic (exact) mass is 449 g/mol. The van der Waals surface area contributed by atoms with Crippen LogP contribution in [-0.4, -0.2) is 45.1 Å². The summed E-state index contributed by atoms with van der Waals surface area (Å²) in [6.45, 7) is 6.95. The van der Waals surface area contributed by atoms with E-state index >= 15 is 0 Å². The molecule has 174 valence electrons. The molecule has 1 aliphatic heterocycles. The Labute approximate surface area is 193 Å². The minimum absolute atomic E-state index is 0.146. The number of nitrogens with zero attached hydrogens (tertiary/aromatic N) is 3. The SMILES string of the molecule is CC(C)(C)OC(=O)N1CCCC(C(=O)Nc2nc3ccccc3n2Cc2cccc(N)c2)C1. The lowest BCUT2D eigenvalue weighted by atomic mass is 9.97. The fourth-order valence-corrected chi connectivity index (χ4v) is 4.10. The second-order valence-electron chi connectivity index (χ2n) is 9.51. The first-order chi connectivity index (χ1) is 15.7. The van der Waals surface area contributed by atoms with E-state index in [1.165, 1.54) is 0 Å². The van der Waals surface area contributed by atoms with Crippen LogP contribution in [0.1, 0.15) is 39.2 Å². The summed E-state index contributed by atoms with van der Waals surface area (Å²) in [5, 5.41) is 3.02. The third-order valence-electron chi connectivity index (χ3n) is 5.63. The molecule has 1 aromatic heterocycles. The minimum Gasteiger partial charge on any atom is -0.444 e. The molecule has 2 aromatic carbocycles. The van der Waals surface area contributed by atoms with Crippen LogP contribution in [0.15, 0.2) is 48.5 Å². The number of imidazole rings is 1. The number of hydrogen-bond donors (Lipinski definition) is 2. The molecular weight excluding hydrogens is 418 g/mol. The molecule has 1 unspecified atom stereocenters. The molecule has 0 aliphatic carbocycles. The summed E-state index contributed by atoms with van der Waals surface area (Å²) >= 11 is 0. The molecule has 1 aliphatic rings. The number of fused-ring (bicyclic) bond motifs is 1. The number of nitrogens with one attached hydrogen (secondary N) is 1. The Balaban J connectivity index is 1.53. The molecular formula is C25H31N5O3. The molecule has 8 nitrogen and oxygen atoms in total. The van der Waals surface area contributed by atoms with Gasteiger partial charge in [-0.3, -0.25) is 10.1 Å². The van der Waals surface area contributed by atoms with Gasteiger partial charge < -0.3 is 19.9 Å². The minimum atomic E-state index is -0.571. The van der Waals surface area contributed by atoms with Gasteiger partial charge in [-0.05, 0) is 63.4 Å². The number of nitrogens with two attached hydrogens (primary N) is 1. The van der Waals surface area contributed by atoms with Gasteiger partial charge in [-0.25, -0.2) is 9.78 Å². The first-order valence-electron chi connectivity index (χ1n) is 11.3. The molecule has 0 saturated carbocycles. The van der Waals surface area contributed by atoms with Gasteiger partial charge in [0.2, 0.25) is 11.9 Å². The number of carbonyl (C=O) groups excluding carboxylic acids is 2. The van der Waals surface area contributed by atoms with Crippen molar-refractivity contribution in [1.82, 2.24) is 14.5 Å². The van der Waals surface area contributed by atoms with E-state index in [9.17, 15) is 9.59 Å². The normalized spacial score (nSPS) is 16.6. The van der Waals surface area contributed by atoms with Crippen LogP contribution in [0, 0.1) is 5.92 Å². The molecule has 1 fully saturated rings. The van der Waals surface area contributed by atoms with Crippen LogP contribution in [-0.2, 0) is 16.1 Å². The van der Waals surface area contributed by atoms with Crippen molar-refractivity contribution in [2.75, 3.05) is 24.1 Å². The lowest BCUT2D eigenvalue weighted by Gasteiger charge is -2.33. The first-order valence-corrected chi connectivity index (χ1v) is 11.3. The van der Waals surface area contributed by atoms with E-state index in [0.717, 1.165) is 23.0 Å². The van der Waals surface area contributed by atoms with E-state index in [0.29, 0.717) is 37.7 Å². The Kier molecular flexibility index (Phi) is 6.26. The molecule has 8 heteroatoms. The molecule has 0 spiro atoms. The standard InChI is InChI=1S/C25H31N5O3/c1-25(2,3)33-24(32)29-13-7-9-18(16-29)22(31)28-23-27-20-11-4-5-12-21(20)30(23)15-17-8-6-10-19(26)14-17/h4-6,8,10-12,14,18H,7,9,13,15-16,26H2,1-3H3,(H,27,28,31). The smallest absolute Gasteiger partial charge is 0.410 e. The van der Waals surface area contributed by atoms with Crippen LogP contribution in [0.2, 0.25) is 0 Å². The Morgan fingerprint density at radius 2 is 1.97 bits per heavy atom. The van der Waals surface area contributed by atoms with Gasteiger partial charge in [-0.1, -0.05) is 24.3 Å². The Morgan fingerprint density at radius 1 is 1.18 bits per heavy atom. The number of piperidine rings is 1. The van der Waals surface area contributed by atoms with Crippen molar-refractivity contribution >= 4 is 34.7 Å². The number of benzene rings is 2. The average Bonchev–Trinajstić information content (AvgIpc) is 3.09. The zero-order chi connectivity index (χ0) is 23.6. The number of nitrogen functional groups attached to an aromatic ring is 1. The van der Waals surface area contributed by atoms with Crippen LogP contribution in [0.5, 0.6) is 0 Å². The molecule has 0 radical (unpaired) electrons. The van der Waals surface area contributed by atoms with Crippen molar-refractivity contribution in [2.24, 2.45) is 5.92 Å². The largest absolute Gasteiger partial charge is 0.444 e. The summed E-state index contributed by atoms with van der Waals surface area (Å²) in [5.74, 6) is 0.0114. The number of hydrogen-bond acceptors (Lipinski definition) is 5. The van der Waals surface area contributed by atoms with Gasteiger partial charge >= 0.3 is 6.09 Å². The van der Waals surface area contributed by atoms with Crippen molar-refractivity contribution in [2.45, 2.75) is 45.8 Å². The van der Waals surface area contributed by atoms with Crippen LogP contribution in [0.3, 0.4) is 0 Å². The van der Waals surface area contributed by atoms with Crippen molar-refractivity contribution in [3.05, 3.63) is 54.1 Å². The van der Waals surface area contributed by atoms with Crippen LogP contribution >= 0.6 is 0 Å². The number of carbonyl (C=O) groups is 2. The van der Waals surface area contributed by atoms with E-state index in [2.05, 4.69) is 10.3 Å².